The molecule has 23 heavy (non-hydrogen) atoms. The molecule has 4 heteroatoms. The first kappa shape index (κ1) is 15.5. The highest BCUT2D eigenvalue weighted by Crippen LogP contribution is 2.53. The molecular weight excluding hydrogens is 298 g/mol. The van der Waals surface area contributed by atoms with Crippen LogP contribution in [-0.2, 0) is 16.1 Å². The van der Waals surface area contributed by atoms with E-state index in [1.807, 2.05) is 0 Å². The van der Waals surface area contributed by atoms with Crippen molar-refractivity contribution in [1.29, 1.82) is 0 Å². The maximum absolute atomic E-state index is 13.8. The summed E-state index contributed by atoms with van der Waals surface area (Å²) < 4.78 is 39.9. The quantitative estimate of drug-likeness (QED) is 0.809. The van der Waals surface area contributed by atoms with Crippen molar-refractivity contribution in [2.24, 2.45) is 11.8 Å². The molecule has 2 aliphatic carbocycles. The van der Waals surface area contributed by atoms with Crippen molar-refractivity contribution >= 4 is 0 Å². The van der Waals surface area contributed by atoms with Crippen LogP contribution in [0.3, 0.4) is 0 Å². The van der Waals surface area contributed by atoms with Gasteiger partial charge in [0.25, 0.3) is 0 Å². The fourth-order valence-corrected chi connectivity index (χ4v) is 4.94. The van der Waals surface area contributed by atoms with Crippen LogP contribution >= 0.6 is 0 Å². The van der Waals surface area contributed by atoms with Gasteiger partial charge in [0.05, 0.1) is 24.4 Å². The summed E-state index contributed by atoms with van der Waals surface area (Å²) in [6.07, 6.45) is 7.23. The highest BCUT2D eigenvalue weighted by Gasteiger charge is 2.55. The van der Waals surface area contributed by atoms with Gasteiger partial charge >= 0.3 is 0 Å². The van der Waals surface area contributed by atoms with Gasteiger partial charge in [-0.15, -0.1) is 0 Å². The molecule has 1 aromatic carbocycles. The maximum Gasteiger partial charge on any atom is 0.131 e. The van der Waals surface area contributed by atoms with Gasteiger partial charge in [0.15, 0.2) is 0 Å². The first-order chi connectivity index (χ1) is 11.1. The summed E-state index contributed by atoms with van der Waals surface area (Å²) in [6.45, 7) is 2.10. The molecule has 2 saturated carbocycles. The summed E-state index contributed by atoms with van der Waals surface area (Å²) in [4.78, 5) is 0. The van der Waals surface area contributed by atoms with Crippen LogP contribution in [0.25, 0.3) is 0 Å². The zero-order valence-corrected chi connectivity index (χ0v) is 13.6. The molecule has 4 fully saturated rings. The molecule has 0 amide bonds. The molecule has 4 aliphatic rings. The van der Waals surface area contributed by atoms with Gasteiger partial charge in [-0.3, -0.25) is 0 Å². The molecule has 2 aliphatic heterocycles. The van der Waals surface area contributed by atoms with E-state index < -0.39 is 11.6 Å². The van der Waals surface area contributed by atoms with E-state index in [2.05, 4.69) is 6.92 Å². The number of hydrogen-bond donors (Lipinski definition) is 0. The number of benzene rings is 1. The first-order valence-corrected chi connectivity index (χ1v) is 8.79. The van der Waals surface area contributed by atoms with E-state index in [1.54, 1.807) is 0 Å². The fraction of sp³-hybridized carbons (Fsp3) is 0.684. The molecule has 0 spiro atoms. The van der Waals surface area contributed by atoms with Crippen molar-refractivity contribution in [3.8, 4) is 0 Å². The molecule has 2 heterocycles. The van der Waals surface area contributed by atoms with E-state index in [-0.39, 0.29) is 23.9 Å². The number of fused-ring (bicyclic) bond motifs is 1. The molecule has 126 valence electrons. The Balaban J connectivity index is 1.49. The minimum absolute atomic E-state index is 0.0231. The van der Waals surface area contributed by atoms with Gasteiger partial charge in [-0.1, -0.05) is 18.9 Å². The van der Waals surface area contributed by atoms with Crippen molar-refractivity contribution in [1.82, 2.24) is 0 Å². The lowest BCUT2D eigenvalue weighted by atomic mass is 9.65. The average molecular weight is 322 g/mol. The smallest absolute Gasteiger partial charge is 0.131 e. The Morgan fingerprint density at radius 3 is 2.70 bits per heavy atom. The summed E-state index contributed by atoms with van der Waals surface area (Å²) in [6, 6.07) is 3.94. The van der Waals surface area contributed by atoms with Crippen LogP contribution in [0.5, 0.6) is 0 Å². The van der Waals surface area contributed by atoms with E-state index >= 15 is 0 Å². The Morgan fingerprint density at radius 1 is 1.22 bits per heavy atom. The Kier molecular flexibility index (Phi) is 3.93. The normalized spacial score (nSPS) is 39.3. The number of halogens is 2. The van der Waals surface area contributed by atoms with E-state index in [9.17, 15) is 8.78 Å². The zero-order chi connectivity index (χ0) is 16.0. The Labute approximate surface area is 136 Å². The SMILES string of the molecule is CC12CC3CCCCC(O1)C3CC2OCc1c(F)cccc1F. The standard InChI is InChI=1S/C19H24F2O2/c1-19-10-12-5-2-3-8-17(23-19)13(12)9-18(19)22-11-14-15(20)6-4-7-16(14)21/h4,6-7,12-13,17-18H,2-3,5,8-11H2,1H3. The lowest BCUT2D eigenvalue weighted by molar-refractivity contribution is -0.267. The monoisotopic (exact) mass is 322 g/mol. The topological polar surface area (TPSA) is 18.5 Å². The van der Waals surface area contributed by atoms with Gasteiger partial charge in [0, 0.05) is 5.56 Å². The average Bonchev–Trinajstić information content (AvgIpc) is 2.64. The van der Waals surface area contributed by atoms with Crippen molar-refractivity contribution in [3.63, 3.8) is 0 Å². The minimum Gasteiger partial charge on any atom is -0.370 e. The van der Waals surface area contributed by atoms with Gasteiger partial charge in [-0.25, -0.2) is 8.78 Å². The molecule has 4 bridgehead atoms. The fourth-order valence-electron chi connectivity index (χ4n) is 4.94. The summed E-state index contributed by atoms with van der Waals surface area (Å²) in [5, 5.41) is 0. The number of rotatable bonds is 3. The minimum atomic E-state index is -0.536. The molecule has 5 rings (SSSR count). The van der Waals surface area contributed by atoms with Gasteiger partial charge in [-0.05, 0) is 56.6 Å². The van der Waals surface area contributed by atoms with Crippen molar-refractivity contribution in [3.05, 3.63) is 35.4 Å². The molecule has 2 nitrogen and oxygen atoms in total. The Morgan fingerprint density at radius 2 is 1.96 bits per heavy atom. The predicted octanol–water partition coefficient (Wildman–Crippen LogP) is 4.61. The van der Waals surface area contributed by atoms with E-state index in [1.165, 1.54) is 37.5 Å². The van der Waals surface area contributed by atoms with E-state index in [0.717, 1.165) is 25.2 Å². The van der Waals surface area contributed by atoms with Crippen molar-refractivity contribution in [2.45, 2.75) is 69.9 Å². The van der Waals surface area contributed by atoms with Crippen LogP contribution in [0.2, 0.25) is 0 Å². The second-order valence-corrected chi connectivity index (χ2v) is 7.62. The third-order valence-corrected chi connectivity index (χ3v) is 6.14. The second kappa shape index (κ2) is 5.82. The lowest BCUT2D eigenvalue weighted by Gasteiger charge is -2.56. The van der Waals surface area contributed by atoms with Crippen LogP contribution < -0.4 is 0 Å². The van der Waals surface area contributed by atoms with Crippen LogP contribution in [-0.4, -0.2) is 17.8 Å². The van der Waals surface area contributed by atoms with Crippen LogP contribution in [0.4, 0.5) is 8.78 Å². The molecule has 0 N–H and O–H groups in total. The molecule has 1 aromatic rings. The Hall–Kier alpha value is -1.00. The number of ether oxygens (including phenoxy) is 2. The van der Waals surface area contributed by atoms with Gasteiger partial charge in [0.1, 0.15) is 11.6 Å². The molecule has 0 aromatic heterocycles. The molecule has 0 radical (unpaired) electrons. The third-order valence-electron chi connectivity index (χ3n) is 6.14. The summed E-state index contributed by atoms with van der Waals surface area (Å²) in [5.41, 5.74) is -0.286. The van der Waals surface area contributed by atoms with Gasteiger partial charge < -0.3 is 9.47 Å². The summed E-state index contributed by atoms with van der Waals surface area (Å²) in [7, 11) is 0. The lowest BCUT2D eigenvalue weighted by Crippen LogP contribution is -2.60. The molecule has 5 atom stereocenters. The van der Waals surface area contributed by atoms with E-state index in [0.29, 0.717) is 12.0 Å². The van der Waals surface area contributed by atoms with Crippen molar-refractivity contribution < 1.29 is 18.3 Å². The van der Waals surface area contributed by atoms with Gasteiger partial charge in [0.2, 0.25) is 0 Å². The van der Waals surface area contributed by atoms with Crippen LogP contribution in [0.1, 0.15) is 51.0 Å². The molecule has 5 unspecified atom stereocenters. The van der Waals surface area contributed by atoms with Crippen LogP contribution in [0.15, 0.2) is 18.2 Å². The molecule has 2 saturated heterocycles. The first-order valence-electron chi connectivity index (χ1n) is 8.79. The summed E-state index contributed by atoms with van der Waals surface area (Å²) in [5.74, 6) is 0.206. The van der Waals surface area contributed by atoms with Crippen LogP contribution in [0, 0.1) is 23.5 Å². The second-order valence-electron chi connectivity index (χ2n) is 7.62. The number of hydrogen-bond acceptors (Lipinski definition) is 2. The zero-order valence-electron chi connectivity index (χ0n) is 13.6. The largest absolute Gasteiger partial charge is 0.370 e. The Bertz CT molecular complexity index is 552. The highest BCUT2D eigenvalue weighted by molar-refractivity contribution is 5.19. The van der Waals surface area contributed by atoms with Gasteiger partial charge in [-0.2, -0.15) is 0 Å². The highest BCUT2D eigenvalue weighted by atomic mass is 19.1. The summed E-state index contributed by atoms with van der Waals surface area (Å²) >= 11 is 0. The third kappa shape index (κ3) is 2.70. The predicted molar refractivity (Wildman–Crippen MR) is 82.9 cm³/mol. The van der Waals surface area contributed by atoms with Crippen molar-refractivity contribution in [2.75, 3.05) is 0 Å². The van der Waals surface area contributed by atoms with E-state index in [4.69, 9.17) is 9.47 Å². The molecular formula is C19H24F2O2. The maximum atomic E-state index is 13.8.